The van der Waals surface area contributed by atoms with Gasteiger partial charge in [0.2, 0.25) is 0 Å². The summed E-state index contributed by atoms with van der Waals surface area (Å²) in [7, 11) is 2.85. The summed E-state index contributed by atoms with van der Waals surface area (Å²) in [6, 6.07) is 14.9. The molecule has 0 fully saturated rings. The monoisotopic (exact) mass is 214 g/mol. The van der Waals surface area contributed by atoms with Crippen molar-refractivity contribution in [1.82, 2.24) is 0 Å². The van der Waals surface area contributed by atoms with Gasteiger partial charge in [-0.15, -0.1) is 9.24 Å². The Morgan fingerprint density at radius 1 is 0.867 bits per heavy atom. The van der Waals surface area contributed by atoms with Crippen LogP contribution < -0.4 is 5.30 Å². The minimum absolute atomic E-state index is 1.28. The van der Waals surface area contributed by atoms with Crippen molar-refractivity contribution >= 4 is 14.5 Å². The molecule has 0 spiro atoms. The Balaban J connectivity index is 2.60. The van der Waals surface area contributed by atoms with Crippen LogP contribution in [0.2, 0.25) is 0 Å². The molecule has 0 aliphatic carbocycles. The van der Waals surface area contributed by atoms with Gasteiger partial charge in [0.05, 0.1) is 0 Å². The van der Waals surface area contributed by atoms with E-state index in [4.69, 9.17) is 0 Å². The summed E-state index contributed by atoms with van der Waals surface area (Å²) in [6.45, 7) is 4.32. The Morgan fingerprint density at radius 3 is 2.20 bits per heavy atom. The predicted octanol–water partition coefficient (Wildman–Crippen LogP) is 3.47. The van der Waals surface area contributed by atoms with E-state index in [-0.39, 0.29) is 0 Å². The Morgan fingerprint density at radius 2 is 1.53 bits per heavy atom. The lowest BCUT2D eigenvalue weighted by molar-refractivity contribution is 1.37. The molecule has 0 saturated carbocycles. The maximum absolute atomic E-state index is 2.85. The van der Waals surface area contributed by atoms with Gasteiger partial charge in [0, 0.05) is 0 Å². The summed E-state index contributed by atoms with van der Waals surface area (Å²) in [5.41, 5.74) is 5.30. The van der Waals surface area contributed by atoms with Crippen LogP contribution in [-0.4, -0.2) is 0 Å². The first-order chi connectivity index (χ1) is 7.20. The second kappa shape index (κ2) is 4.16. The molecule has 2 aromatic rings. The van der Waals surface area contributed by atoms with Crippen molar-refractivity contribution in [2.45, 2.75) is 13.8 Å². The van der Waals surface area contributed by atoms with E-state index < -0.39 is 0 Å². The summed E-state index contributed by atoms with van der Waals surface area (Å²) < 4.78 is 0. The lowest BCUT2D eigenvalue weighted by atomic mass is 10.0. The van der Waals surface area contributed by atoms with Gasteiger partial charge in [-0.05, 0) is 41.4 Å². The van der Waals surface area contributed by atoms with Crippen molar-refractivity contribution in [3.8, 4) is 11.1 Å². The third kappa shape index (κ3) is 1.96. The third-order valence-electron chi connectivity index (χ3n) is 2.87. The van der Waals surface area contributed by atoms with Crippen molar-refractivity contribution in [3.05, 3.63) is 53.6 Å². The maximum Gasteiger partial charge on any atom is -0.0109 e. The van der Waals surface area contributed by atoms with E-state index >= 15 is 0 Å². The molecule has 2 rings (SSSR count). The van der Waals surface area contributed by atoms with Gasteiger partial charge in [-0.1, -0.05) is 42.5 Å². The van der Waals surface area contributed by atoms with Crippen LogP contribution in [0.1, 0.15) is 11.1 Å². The molecule has 0 bridgehead atoms. The van der Waals surface area contributed by atoms with Crippen LogP contribution >= 0.6 is 9.24 Å². The molecule has 1 unspecified atom stereocenters. The molecule has 0 amide bonds. The maximum atomic E-state index is 2.85. The Labute approximate surface area is 93.5 Å². The number of hydrogen-bond acceptors (Lipinski definition) is 0. The van der Waals surface area contributed by atoms with Gasteiger partial charge in [0.25, 0.3) is 0 Å². The molecule has 2 aromatic carbocycles. The topological polar surface area (TPSA) is 0 Å². The molecule has 1 heteroatoms. The number of rotatable bonds is 1. The second-order valence-electron chi connectivity index (χ2n) is 3.83. The fraction of sp³-hybridized carbons (Fsp3) is 0.143. The first-order valence-corrected chi connectivity index (χ1v) is 5.69. The van der Waals surface area contributed by atoms with Crippen molar-refractivity contribution in [1.29, 1.82) is 0 Å². The molecule has 0 radical (unpaired) electrons. The summed E-state index contributed by atoms with van der Waals surface area (Å²) in [5, 5.41) is 1.31. The lowest BCUT2D eigenvalue weighted by Gasteiger charge is -2.10. The summed E-state index contributed by atoms with van der Waals surface area (Å²) >= 11 is 0. The Bertz CT molecular complexity index is 472. The lowest BCUT2D eigenvalue weighted by Crippen LogP contribution is -2.03. The Kier molecular flexibility index (Phi) is 2.88. The molecule has 76 valence electrons. The van der Waals surface area contributed by atoms with E-state index in [2.05, 4.69) is 59.5 Å². The molecule has 0 heterocycles. The van der Waals surface area contributed by atoms with Gasteiger partial charge >= 0.3 is 0 Å². The summed E-state index contributed by atoms with van der Waals surface area (Å²) in [6.07, 6.45) is 0. The third-order valence-corrected chi connectivity index (χ3v) is 3.61. The van der Waals surface area contributed by atoms with Crippen LogP contribution in [0.5, 0.6) is 0 Å². The highest BCUT2D eigenvalue weighted by molar-refractivity contribution is 7.28. The molecule has 0 aromatic heterocycles. The van der Waals surface area contributed by atoms with Crippen LogP contribution in [0.4, 0.5) is 0 Å². The van der Waals surface area contributed by atoms with Gasteiger partial charge in [0.15, 0.2) is 0 Å². The molecule has 1 atom stereocenters. The molecule has 0 aliphatic heterocycles. The minimum Gasteiger partial charge on any atom is -0.105 e. The highest BCUT2D eigenvalue weighted by Gasteiger charge is 2.04. The SMILES string of the molecule is Cc1ccc(-c2ccccc2)c(P)c1C. The van der Waals surface area contributed by atoms with Gasteiger partial charge in [-0.3, -0.25) is 0 Å². The smallest absolute Gasteiger partial charge is 0.0109 e. The molecular formula is C14H15P. The standard InChI is InChI=1S/C14H15P/c1-10-8-9-13(14(15)11(10)2)12-6-4-3-5-7-12/h3-9H,15H2,1-2H3. The summed E-state index contributed by atoms with van der Waals surface area (Å²) in [5.74, 6) is 0. The predicted molar refractivity (Wildman–Crippen MR) is 70.7 cm³/mol. The molecule has 0 nitrogen and oxygen atoms in total. The van der Waals surface area contributed by atoms with E-state index in [0.717, 1.165) is 0 Å². The van der Waals surface area contributed by atoms with E-state index in [0.29, 0.717) is 0 Å². The van der Waals surface area contributed by atoms with Crippen molar-refractivity contribution in [3.63, 3.8) is 0 Å². The number of aryl methyl sites for hydroxylation is 1. The molecular weight excluding hydrogens is 199 g/mol. The molecule has 15 heavy (non-hydrogen) atoms. The largest absolute Gasteiger partial charge is 0.105 e. The first-order valence-electron chi connectivity index (χ1n) is 5.11. The molecule has 0 saturated heterocycles. The zero-order valence-corrected chi connectivity index (χ0v) is 10.3. The van der Waals surface area contributed by atoms with Crippen molar-refractivity contribution in [2.75, 3.05) is 0 Å². The normalized spacial score (nSPS) is 10.3. The van der Waals surface area contributed by atoms with Crippen LogP contribution in [-0.2, 0) is 0 Å². The van der Waals surface area contributed by atoms with Crippen LogP contribution in [0, 0.1) is 13.8 Å². The quantitative estimate of drug-likeness (QED) is 0.638. The van der Waals surface area contributed by atoms with E-state index in [9.17, 15) is 0 Å². The zero-order chi connectivity index (χ0) is 10.8. The van der Waals surface area contributed by atoms with E-state index in [1.165, 1.54) is 27.6 Å². The van der Waals surface area contributed by atoms with Crippen LogP contribution in [0.15, 0.2) is 42.5 Å². The van der Waals surface area contributed by atoms with Crippen LogP contribution in [0.3, 0.4) is 0 Å². The fourth-order valence-electron chi connectivity index (χ4n) is 1.71. The average Bonchev–Trinajstić information content (AvgIpc) is 2.27. The van der Waals surface area contributed by atoms with E-state index in [1.807, 2.05) is 6.07 Å². The highest BCUT2D eigenvalue weighted by atomic mass is 31.0. The number of benzene rings is 2. The summed E-state index contributed by atoms with van der Waals surface area (Å²) in [4.78, 5) is 0. The van der Waals surface area contributed by atoms with E-state index in [1.54, 1.807) is 0 Å². The van der Waals surface area contributed by atoms with Gasteiger partial charge in [0.1, 0.15) is 0 Å². The fourth-order valence-corrected chi connectivity index (χ4v) is 2.20. The van der Waals surface area contributed by atoms with Gasteiger partial charge < -0.3 is 0 Å². The first kappa shape index (κ1) is 10.4. The highest BCUT2D eigenvalue weighted by Crippen LogP contribution is 2.21. The molecule has 0 N–H and O–H groups in total. The minimum atomic E-state index is 1.28. The van der Waals surface area contributed by atoms with Gasteiger partial charge in [-0.25, -0.2) is 0 Å². The van der Waals surface area contributed by atoms with Crippen molar-refractivity contribution in [2.24, 2.45) is 0 Å². The van der Waals surface area contributed by atoms with Crippen molar-refractivity contribution < 1.29 is 0 Å². The Hall–Kier alpha value is -1.13. The zero-order valence-electron chi connectivity index (χ0n) is 9.12. The average molecular weight is 214 g/mol. The van der Waals surface area contributed by atoms with Gasteiger partial charge in [-0.2, -0.15) is 0 Å². The number of hydrogen-bond donors (Lipinski definition) is 0. The second-order valence-corrected chi connectivity index (χ2v) is 4.41. The van der Waals surface area contributed by atoms with Crippen LogP contribution in [0.25, 0.3) is 11.1 Å². The molecule has 0 aliphatic rings.